The van der Waals surface area contributed by atoms with E-state index in [-0.39, 0.29) is 31.8 Å². The Morgan fingerprint density at radius 1 is 0.768 bits per heavy atom. The molecule has 0 aromatic heterocycles. The molecule has 328 valence electrons. The van der Waals surface area contributed by atoms with Crippen molar-refractivity contribution in [2.75, 3.05) is 13.2 Å². The van der Waals surface area contributed by atoms with Gasteiger partial charge in [-0.05, 0) is 38.0 Å². The van der Waals surface area contributed by atoms with Gasteiger partial charge in [-0.2, -0.15) is 0 Å². The van der Waals surface area contributed by atoms with Crippen LogP contribution in [0.4, 0.5) is 0 Å². The Balaban J connectivity index is 2.29. The lowest BCUT2D eigenvalue weighted by molar-refractivity contribution is -0.199. The lowest BCUT2D eigenvalue weighted by atomic mass is 9.87. The molecule has 1 fully saturated rings. The molecule has 56 heavy (non-hydrogen) atoms. The topological polar surface area (TPSA) is 189 Å². The number of aliphatic hydroxyl groups excluding tert-OH is 3. The molecule has 6 atom stereocenters. The summed E-state index contributed by atoms with van der Waals surface area (Å²) < 4.78 is 32.0. The molecule has 1 unspecified atom stereocenters. The summed E-state index contributed by atoms with van der Waals surface area (Å²) in [4.78, 5) is 43.1. The molecule has 1 rings (SSSR count). The number of rotatable bonds is 35. The second-order valence-corrected chi connectivity index (χ2v) is 17.3. The van der Waals surface area contributed by atoms with E-state index in [0.29, 0.717) is 32.1 Å². The van der Waals surface area contributed by atoms with Crippen molar-refractivity contribution in [3.8, 4) is 0 Å². The van der Waals surface area contributed by atoms with E-state index in [1.165, 1.54) is 70.6 Å². The predicted octanol–water partition coefficient (Wildman–Crippen LogP) is 9.15. The second-order valence-electron chi connectivity index (χ2n) is 16.0. The number of aliphatic hydroxyl groups is 3. The molecule has 0 aromatic rings. The lowest BCUT2D eigenvalue weighted by Crippen LogP contribution is -2.43. The standard InChI is InChI=1S/C43H79O12P/c1-4-5-20-26-36(44)30-31-40-38(39(45)32-43(48)55-40)27-22-18-19-23-28-41(46)52-33-37(34-53-56(49,50)51)54-42(47)29-24-17-15-13-11-9-7-6-8-10-12-14-16-21-25-35(2)3/h18,22,30-31,35-40,43-45,48H,4-17,19-21,23-29,32-34H2,1-3H3,(H2,49,50,51)/b22-18-,31-30+/t36-,37+,38-,39-,40+,43?/m0/s1. The Hall–Kier alpha value is -1.63. The van der Waals surface area contributed by atoms with Gasteiger partial charge in [-0.15, -0.1) is 0 Å². The molecular weight excluding hydrogens is 739 g/mol. The fourth-order valence-corrected chi connectivity index (χ4v) is 7.19. The zero-order valence-electron chi connectivity index (χ0n) is 35.0. The zero-order chi connectivity index (χ0) is 41.4. The van der Waals surface area contributed by atoms with Gasteiger partial charge in [0.25, 0.3) is 0 Å². The maximum Gasteiger partial charge on any atom is 0.469 e. The normalized spacial score (nSPS) is 20.2. The van der Waals surface area contributed by atoms with Crippen molar-refractivity contribution in [1.82, 2.24) is 0 Å². The highest BCUT2D eigenvalue weighted by molar-refractivity contribution is 7.46. The maximum absolute atomic E-state index is 12.5. The van der Waals surface area contributed by atoms with E-state index in [2.05, 4.69) is 25.3 Å². The fourth-order valence-electron chi connectivity index (χ4n) is 6.83. The van der Waals surface area contributed by atoms with Crippen LogP contribution >= 0.6 is 7.82 Å². The van der Waals surface area contributed by atoms with Crippen LogP contribution in [0.1, 0.15) is 181 Å². The van der Waals surface area contributed by atoms with E-state index >= 15 is 0 Å². The Kier molecular flexibility index (Phi) is 31.1. The zero-order valence-corrected chi connectivity index (χ0v) is 35.9. The van der Waals surface area contributed by atoms with Crippen LogP contribution in [-0.4, -0.2) is 81.0 Å². The summed E-state index contributed by atoms with van der Waals surface area (Å²) in [7, 11) is -4.82. The molecular formula is C43H79O12P. The van der Waals surface area contributed by atoms with Gasteiger partial charge in [-0.25, -0.2) is 4.57 Å². The molecule has 0 saturated carbocycles. The average molecular weight is 819 g/mol. The SMILES string of the molecule is CCCCC[C@H](O)/C=C/[C@H]1OC(O)C[C@H](O)[C@@H]1C/C=C\CCCC(=O)OC[C@H](COP(=O)(O)O)OC(=O)CCCCCCCCCCCCCCCCC(C)C. The first kappa shape index (κ1) is 52.4. The van der Waals surface area contributed by atoms with E-state index in [1.807, 2.05) is 12.2 Å². The number of unbranched alkanes of at least 4 members (excludes halogenated alkanes) is 16. The Bertz CT molecular complexity index is 1090. The summed E-state index contributed by atoms with van der Waals surface area (Å²) in [6, 6.07) is 0. The molecule has 0 radical (unpaired) electrons. The quantitative estimate of drug-likeness (QED) is 0.0177. The molecule has 13 heteroatoms. The van der Waals surface area contributed by atoms with Crippen LogP contribution in [0.3, 0.4) is 0 Å². The summed E-state index contributed by atoms with van der Waals surface area (Å²) in [6.45, 7) is 5.69. The van der Waals surface area contributed by atoms with E-state index in [0.717, 1.165) is 44.4 Å². The minimum atomic E-state index is -4.82. The highest BCUT2D eigenvalue weighted by Gasteiger charge is 2.35. The van der Waals surface area contributed by atoms with Crippen LogP contribution in [-0.2, 0) is 32.9 Å². The number of phosphoric ester groups is 1. The van der Waals surface area contributed by atoms with Gasteiger partial charge in [0.15, 0.2) is 12.4 Å². The first-order valence-electron chi connectivity index (χ1n) is 21.9. The van der Waals surface area contributed by atoms with Crippen LogP contribution in [0, 0.1) is 11.8 Å². The number of hydrogen-bond donors (Lipinski definition) is 5. The Morgan fingerprint density at radius 2 is 1.34 bits per heavy atom. The van der Waals surface area contributed by atoms with Crippen LogP contribution in [0.15, 0.2) is 24.3 Å². The van der Waals surface area contributed by atoms with Gasteiger partial charge in [-0.3, -0.25) is 14.1 Å². The molecule has 5 N–H and O–H groups in total. The smallest absolute Gasteiger partial charge is 0.462 e. The van der Waals surface area contributed by atoms with Crippen molar-refractivity contribution in [3.63, 3.8) is 0 Å². The van der Waals surface area contributed by atoms with E-state index in [9.17, 15) is 29.5 Å². The Morgan fingerprint density at radius 3 is 1.93 bits per heavy atom. The number of allylic oxidation sites excluding steroid dienone is 2. The molecule has 0 aromatic carbocycles. The lowest BCUT2D eigenvalue weighted by Gasteiger charge is -2.36. The summed E-state index contributed by atoms with van der Waals surface area (Å²) in [5.74, 6) is -0.568. The van der Waals surface area contributed by atoms with Gasteiger partial charge in [0, 0.05) is 25.2 Å². The maximum atomic E-state index is 12.5. The number of hydrogen-bond acceptors (Lipinski definition) is 10. The molecule has 1 aliphatic heterocycles. The highest BCUT2D eigenvalue weighted by atomic mass is 31.2. The Labute approximate surface area is 338 Å². The van der Waals surface area contributed by atoms with Gasteiger partial charge >= 0.3 is 19.8 Å². The van der Waals surface area contributed by atoms with Crippen molar-refractivity contribution in [2.45, 2.75) is 212 Å². The largest absolute Gasteiger partial charge is 0.469 e. The molecule has 0 amide bonds. The monoisotopic (exact) mass is 819 g/mol. The van der Waals surface area contributed by atoms with Crippen molar-refractivity contribution < 1.29 is 58.0 Å². The third-order valence-electron chi connectivity index (χ3n) is 10.2. The van der Waals surface area contributed by atoms with Gasteiger partial charge in [0.2, 0.25) is 0 Å². The first-order chi connectivity index (χ1) is 26.8. The molecule has 0 bridgehead atoms. The van der Waals surface area contributed by atoms with Gasteiger partial charge in [0.05, 0.1) is 24.9 Å². The van der Waals surface area contributed by atoms with Crippen molar-refractivity contribution in [1.29, 1.82) is 0 Å². The van der Waals surface area contributed by atoms with Crippen molar-refractivity contribution in [3.05, 3.63) is 24.3 Å². The third kappa shape index (κ3) is 30.4. The number of esters is 2. The highest BCUT2D eigenvalue weighted by Crippen LogP contribution is 2.36. The summed E-state index contributed by atoms with van der Waals surface area (Å²) in [5, 5.41) is 30.8. The first-order valence-corrected chi connectivity index (χ1v) is 23.4. The molecule has 1 saturated heterocycles. The van der Waals surface area contributed by atoms with Crippen LogP contribution in [0.25, 0.3) is 0 Å². The predicted molar refractivity (Wildman–Crippen MR) is 219 cm³/mol. The van der Waals surface area contributed by atoms with E-state index in [1.54, 1.807) is 12.2 Å². The van der Waals surface area contributed by atoms with E-state index < -0.39 is 57.1 Å². The van der Waals surface area contributed by atoms with Gasteiger partial charge < -0.3 is 39.3 Å². The minimum Gasteiger partial charge on any atom is -0.462 e. The molecule has 1 aliphatic rings. The van der Waals surface area contributed by atoms with Crippen LogP contribution in [0.5, 0.6) is 0 Å². The van der Waals surface area contributed by atoms with Crippen molar-refractivity contribution in [2.24, 2.45) is 11.8 Å². The fraction of sp³-hybridized carbons (Fsp3) is 0.860. The molecule has 12 nitrogen and oxygen atoms in total. The number of phosphoric acid groups is 1. The molecule has 1 heterocycles. The second kappa shape index (κ2) is 33.2. The number of carbonyl (C=O) groups excluding carboxylic acids is 2. The van der Waals surface area contributed by atoms with Crippen LogP contribution < -0.4 is 0 Å². The molecule has 0 spiro atoms. The summed E-state index contributed by atoms with van der Waals surface area (Å²) in [6.07, 6.45) is 26.7. The van der Waals surface area contributed by atoms with E-state index in [4.69, 9.17) is 24.0 Å². The van der Waals surface area contributed by atoms with Crippen molar-refractivity contribution >= 4 is 19.8 Å². The average Bonchev–Trinajstić information content (AvgIpc) is 3.13. The third-order valence-corrected chi connectivity index (χ3v) is 10.7. The van der Waals surface area contributed by atoms with Crippen LogP contribution in [0.2, 0.25) is 0 Å². The van der Waals surface area contributed by atoms with Gasteiger partial charge in [-0.1, -0.05) is 154 Å². The summed E-state index contributed by atoms with van der Waals surface area (Å²) >= 11 is 0. The summed E-state index contributed by atoms with van der Waals surface area (Å²) in [5.41, 5.74) is 0. The number of ether oxygens (including phenoxy) is 3. The minimum absolute atomic E-state index is 0.0751. The number of carbonyl (C=O) groups is 2. The molecule has 0 aliphatic carbocycles. The van der Waals surface area contributed by atoms with Gasteiger partial charge in [0.1, 0.15) is 6.61 Å².